The van der Waals surface area contributed by atoms with Crippen LogP contribution in [0.15, 0.2) is 34.7 Å². The predicted octanol–water partition coefficient (Wildman–Crippen LogP) is 3.01. The van der Waals surface area contributed by atoms with E-state index < -0.39 is 0 Å². The Hall–Kier alpha value is -1.02. The number of aldehydes is 1. The van der Waals surface area contributed by atoms with Crippen LogP contribution in [0.1, 0.15) is 12.5 Å². The molecule has 1 nitrogen and oxygen atoms in total. The zero-order chi connectivity index (χ0) is 9.68. The molecule has 0 N–H and O–H groups in total. The van der Waals surface area contributed by atoms with E-state index in [-0.39, 0.29) is 0 Å². The normalized spacial score (nSPS) is 11.4. The number of thioether (sulfide) groups is 1. The minimum atomic E-state index is 0.747. The van der Waals surface area contributed by atoms with Gasteiger partial charge in [0.15, 0.2) is 0 Å². The third-order valence-corrected chi connectivity index (χ3v) is 2.44. The van der Waals surface area contributed by atoms with Gasteiger partial charge in [-0.3, -0.25) is 4.79 Å². The van der Waals surface area contributed by atoms with Gasteiger partial charge in [0.1, 0.15) is 6.29 Å². The Morgan fingerprint density at radius 3 is 2.38 bits per heavy atom. The minimum Gasteiger partial charge on any atom is -0.298 e. The highest BCUT2D eigenvalue weighted by atomic mass is 32.2. The van der Waals surface area contributed by atoms with Gasteiger partial charge < -0.3 is 0 Å². The van der Waals surface area contributed by atoms with E-state index >= 15 is 0 Å². The lowest BCUT2D eigenvalue weighted by atomic mass is 10.1. The molecule has 0 fully saturated rings. The van der Waals surface area contributed by atoms with Crippen molar-refractivity contribution < 1.29 is 4.79 Å². The van der Waals surface area contributed by atoms with E-state index in [4.69, 9.17) is 0 Å². The van der Waals surface area contributed by atoms with Crippen LogP contribution in [0.25, 0.3) is 6.08 Å². The third-order valence-electron chi connectivity index (χ3n) is 1.70. The van der Waals surface area contributed by atoms with Gasteiger partial charge in [-0.05, 0) is 42.5 Å². The maximum Gasteiger partial charge on any atom is 0.145 e. The van der Waals surface area contributed by atoms with Crippen LogP contribution in [0.2, 0.25) is 0 Å². The minimum absolute atomic E-state index is 0.747. The fourth-order valence-electron chi connectivity index (χ4n) is 0.997. The summed E-state index contributed by atoms with van der Waals surface area (Å²) in [6.07, 6.45) is 4.78. The van der Waals surface area contributed by atoms with Crippen molar-refractivity contribution in [3.05, 3.63) is 35.4 Å². The van der Waals surface area contributed by atoms with Gasteiger partial charge in [0.25, 0.3) is 0 Å². The van der Waals surface area contributed by atoms with E-state index in [9.17, 15) is 4.79 Å². The van der Waals surface area contributed by atoms with E-state index in [1.807, 2.05) is 24.5 Å². The molecule has 13 heavy (non-hydrogen) atoms. The fourth-order valence-corrected chi connectivity index (χ4v) is 1.41. The summed E-state index contributed by atoms with van der Waals surface area (Å²) < 4.78 is 0. The van der Waals surface area contributed by atoms with Crippen molar-refractivity contribution in [1.29, 1.82) is 0 Å². The summed E-state index contributed by atoms with van der Waals surface area (Å²) in [7, 11) is 0. The number of rotatable bonds is 3. The molecule has 0 aliphatic carbocycles. The van der Waals surface area contributed by atoms with Gasteiger partial charge in [-0.15, -0.1) is 11.8 Å². The Labute approximate surface area is 82.9 Å². The van der Waals surface area contributed by atoms with Crippen molar-refractivity contribution in [1.82, 2.24) is 0 Å². The Balaban J connectivity index is 2.86. The van der Waals surface area contributed by atoms with Gasteiger partial charge in [-0.2, -0.15) is 0 Å². The lowest BCUT2D eigenvalue weighted by Crippen LogP contribution is -1.78. The molecule has 0 bridgehead atoms. The highest BCUT2D eigenvalue weighted by Crippen LogP contribution is 2.15. The number of hydrogen-bond donors (Lipinski definition) is 0. The third kappa shape index (κ3) is 3.07. The molecule has 0 aliphatic rings. The quantitative estimate of drug-likeness (QED) is 0.416. The van der Waals surface area contributed by atoms with Crippen LogP contribution in [0.4, 0.5) is 0 Å². The number of allylic oxidation sites excluding steroid dienone is 1. The maximum absolute atomic E-state index is 10.4. The van der Waals surface area contributed by atoms with Crippen molar-refractivity contribution in [3.8, 4) is 0 Å². The maximum atomic E-state index is 10.4. The van der Waals surface area contributed by atoms with Gasteiger partial charge in [0.05, 0.1) is 0 Å². The molecule has 0 aliphatic heterocycles. The second-order valence-corrected chi connectivity index (χ2v) is 3.66. The molecule has 0 saturated heterocycles. The molecule has 1 rings (SSSR count). The van der Waals surface area contributed by atoms with Crippen molar-refractivity contribution in [3.63, 3.8) is 0 Å². The molecular formula is C11H12OS. The van der Waals surface area contributed by atoms with Crippen LogP contribution in [0.3, 0.4) is 0 Å². The first-order valence-electron chi connectivity index (χ1n) is 4.04. The molecule has 0 saturated carbocycles. The Morgan fingerprint density at radius 2 is 1.92 bits per heavy atom. The largest absolute Gasteiger partial charge is 0.298 e. The summed E-state index contributed by atoms with van der Waals surface area (Å²) in [5, 5.41) is 0. The summed E-state index contributed by atoms with van der Waals surface area (Å²) in [5.74, 6) is 0. The molecule has 0 radical (unpaired) electrons. The SMILES string of the molecule is CSc1ccc(C=C(C)C=O)cc1. The van der Waals surface area contributed by atoms with Gasteiger partial charge in [-0.1, -0.05) is 12.1 Å². The molecule has 0 aromatic heterocycles. The van der Waals surface area contributed by atoms with E-state index in [0.717, 1.165) is 17.4 Å². The molecular weight excluding hydrogens is 180 g/mol. The predicted molar refractivity (Wildman–Crippen MR) is 57.9 cm³/mol. The molecule has 0 amide bonds. The average molecular weight is 192 g/mol. The summed E-state index contributed by atoms with van der Waals surface area (Å²) in [6.45, 7) is 1.80. The van der Waals surface area contributed by atoms with E-state index in [1.165, 1.54) is 4.90 Å². The fraction of sp³-hybridized carbons (Fsp3) is 0.182. The second kappa shape index (κ2) is 4.87. The van der Waals surface area contributed by atoms with Crippen LogP contribution in [-0.4, -0.2) is 12.5 Å². The number of hydrogen-bond acceptors (Lipinski definition) is 2. The van der Waals surface area contributed by atoms with Crippen molar-refractivity contribution in [2.45, 2.75) is 11.8 Å². The molecule has 68 valence electrons. The molecule has 1 aromatic rings. The van der Waals surface area contributed by atoms with Crippen LogP contribution < -0.4 is 0 Å². The van der Waals surface area contributed by atoms with Crippen LogP contribution in [0.5, 0.6) is 0 Å². The standard InChI is InChI=1S/C11H12OS/c1-9(8-12)7-10-3-5-11(13-2)6-4-10/h3-8H,1-2H3. The van der Waals surface area contributed by atoms with Gasteiger partial charge >= 0.3 is 0 Å². The summed E-state index contributed by atoms with van der Waals surface area (Å²) in [5.41, 5.74) is 1.82. The zero-order valence-electron chi connectivity index (χ0n) is 7.78. The molecule has 0 heterocycles. The molecule has 1 aromatic carbocycles. The number of carbonyl (C=O) groups excluding carboxylic acids is 1. The van der Waals surface area contributed by atoms with Crippen molar-refractivity contribution in [2.75, 3.05) is 6.26 Å². The topological polar surface area (TPSA) is 17.1 Å². The number of benzene rings is 1. The monoisotopic (exact) mass is 192 g/mol. The Morgan fingerprint density at radius 1 is 1.31 bits per heavy atom. The lowest BCUT2D eigenvalue weighted by Gasteiger charge is -1.97. The lowest BCUT2D eigenvalue weighted by molar-refractivity contribution is -0.104. The zero-order valence-corrected chi connectivity index (χ0v) is 8.60. The second-order valence-electron chi connectivity index (χ2n) is 2.78. The molecule has 2 heteroatoms. The molecule has 0 spiro atoms. The van der Waals surface area contributed by atoms with Crippen molar-refractivity contribution >= 4 is 24.1 Å². The van der Waals surface area contributed by atoms with Crippen LogP contribution in [-0.2, 0) is 4.79 Å². The molecule has 0 unspecified atom stereocenters. The van der Waals surface area contributed by atoms with E-state index in [0.29, 0.717) is 0 Å². The Bertz CT molecular complexity index is 311. The summed E-state index contributed by atoms with van der Waals surface area (Å²) >= 11 is 1.71. The smallest absolute Gasteiger partial charge is 0.145 e. The van der Waals surface area contributed by atoms with Crippen LogP contribution >= 0.6 is 11.8 Å². The number of carbonyl (C=O) groups is 1. The molecule has 0 atom stereocenters. The first-order chi connectivity index (χ1) is 6.26. The highest BCUT2D eigenvalue weighted by Gasteiger charge is 1.91. The highest BCUT2D eigenvalue weighted by molar-refractivity contribution is 7.98. The van der Waals surface area contributed by atoms with Crippen molar-refractivity contribution in [2.24, 2.45) is 0 Å². The van der Waals surface area contributed by atoms with E-state index in [1.54, 1.807) is 18.7 Å². The summed E-state index contributed by atoms with van der Waals surface area (Å²) in [4.78, 5) is 11.6. The first-order valence-corrected chi connectivity index (χ1v) is 5.26. The van der Waals surface area contributed by atoms with Gasteiger partial charge in [0.2, 0.25) is 0 Å². The Kier molecular flexibility index (Phi) is 3.77. The van der Waals surface area contributed by atoms with Gasteiger partial charge in [-0.25, -0.2) is 0 Å². The van der Waals surface area contributed by atoms with Crippen LogP contribution in [0, 0.1) is 0 Å². The summed E-state index contributed by atoms with van der Waals surface area (Å²) in [6, 6.07) is 8.13. The average Bonchev–Trinajstić information content (AvgIpc) is 2.19. The van der Waals surface area contributed by atoms with Gasteiger partial charge in [0, 0.05) is 4.90 Å². The van der Waals surface area contributed by atoms with E-state index in [2.05, 4.69) is 12.1 Å². The first kappa shape index (κ1) is 10.1.